The number of thiophene rings is 1. The van der Waals surface area contributed by atoms with Crippen molar-refractivity contribution in [1.29, 1.82) is 0 Å². The third-order valence-corrected chi connectivity index (χ3v) is 4.44. The molecule has 0 aliphatic rings. The van der Waals surface area contributed by atoms with Crippen LogP contribution in [0.5, 0.6) is 0 Å². The van der Waals surface area contributed by atoms with Crippen molar-refractivity contribution in [3.8, 4) is 0 Å². The molecule has 8 nitrogen and oxygen atoms in total. The fraction of sp³-hybridized carbons (Fsp3) is 0.125. The second-order valence-electron chi connectivity index (χ2n) is 5.15. The van der Waals surface area contributed by atoms with Crippen LogP contribution in [0.1, 0.15) is 22.5 Å². The highest BCUT2D eigenvalue weighted by Crippen LogP contribution is 2.28. The predicted molar refractivity (Wildman–Crippen MR) is 96.1 cm³/mol. The second-order valence-corrected chi connectivity index (χ2v) is 6.20. The summed E-state index contributed by atoms with van der Waals surface area (Å²) in [5.41, 5.74) is 15.2. The molecule has 0 unspecified atom stereocenters. The molecule has 7 N–H and O–H groups in total. The maximum atomic E-state index is 11.8. The van der Waals surface area contributed by atoms with E-state index in [2.05, 4.69) is 4.98 Å². The summed E-state index contributed by atoms with van der Waals surface area (Å²) in [6.45, 7) is 0. The molecule has 0 atom stereocenters. The average Bonchev–Trinajstić information content (AvgIpc) is 3.00. The van der Waals surface area contributed by atoms with Gasteiger partial charge in [-0.25, -0.2) is 0 Å². The highest BCUT2D eigenvalue weighted by atomic mass is 32.1. The molecule has 0 saturated heterocycles. The van der Waals surface area contributed by atoms with E-state index in [9.17, 15) is 19.2 Å². The number of para-hydroxylation sites is 1. The summed E-state index contributed by atoms with van der Waals surface area (Å²) in [7, 11) is 0. The van der Waals surface area contributed by atoms with Crippen molar-refractivity contribution in [2.24, 2.45) is 17.2 Å². The Morgan fingerprint density at radius 3 is 2.12 bits per heavy atom. The molecule has 3 amide bonds. The van der Waals surface area contributed by atoms with Crippen molar-refractivity contribution in [3.63, 3.8) is 0 Å². The normalized spacial score (nSPS) is 10.2. The quantitative estimate of drug-likeness (QED) is 0.535. The zero-order valence-electron chi connectivity index (χ0n) is 13.1. The fourth-order valence-electron chi connectivity index (χ4n) is 2.11. The molecule has 0 saturated carbocycles. The molecule has 9 heteroatoms. The Morgan fingerprint density at radius 2 is 1.56 bits per heavy atom. The first-order chi connectivity index (χ1) is 11.8. The van der Waals surface area contributed by atoms with Gasteiger partial charge < -0.3 is 22.2 Å². The molecule has 0 bridgehead atoms. The van der Waals surface area contributed by atoms with Gasteiger partial charge in [0.15, 0.2) is 0 Å². The number of H-pyrrole nitrogens is 1. The van der Waals surface area contributed by atoms with Gasteiger partial charge in [-0.3, -0.25) is 19.2 Å². The first kappa shape index (κ1) is 18.1. The minimum atomic E-state index is -0.505. The number of amides is 3. The number of fused-ring (bicyclic) bond motifs is 3. The third kappa shape index (κ3) is 4.42. The van der Waals surface area contributed by atoms with Gasteiger partial charge in [0.1, 0.15) is 0 Å². The number of rotatable bonds is 4. The Kier molecular flexibility index (Phi) is 5.50. The standard InChI is InChI=1S/C12H8N2O2S.C4H8N2O2/c13-11(15)9-5-7-10(17-9)6-3-1-2-4-8(6)14-12(7)16;5-3(7)1-2-4(6)8/h1-5H,(H2,13,15)(H,14,16);1-2H2,(H2,5,7)(H2,6,8). The average molecular weight is 360 g/mol. The van der Waals surface area contributed by atoms with Gasteiger partial charge in [0.05, 0.1) is 10.3 Å². The van der Waals surface area contributed by atoms with Crippen LogP contribution in [0.25, 0.3) is 21.0 Å². The maximum Gasteiger partial charge on any atom is 0.258 e. The molecule has 3 aromatic rings. The number of aromatic amines is 1. The van der Waals surface area contributed by atoms with E-state index in [1.165, 1.54) is 11.3 Å². The zero-order chi connectivity index (χ0) is 18.6. The van der Waals surface area contributed by atoms with Crippen LogP contribution in [0, 0.1) is 0 Å². The van der Waals surface area contributed by atoms with Crippen molar-refractivity contribution in [2.45, 2.75) is 12.8 Å². The van der Waals surface area contributed by atoms with Gasteiger partial charge in [0.2, 0.25) is 11.8 Å². The monoisotopic (exact) mass is 360 g/mol. The highest BCUT2D eigenvalue weighted by Gasteiger charge is 2.12. The smallest absolute Gasteiger partial charge is 0.258 e. The lowest BCUT2D eigenvalue weighted by molar-refractivity contribution is -0.123. The van der Waals surface area contributed by atoms with Gasteiger partial charge in [-0.05, 0) is 12.1 Å². The molecule has 0 radical (unpaired) electrons. The maximum absolute atomic E-state index is 11.8. The Balaban J connectivity index is 0.000000242. The van der Waals surface area contributed by atoms with Crippen LogP contribution in [0.2, 0.25) is 0 Å². The summed E-state index contributed by atoms with van der Waals surface area (Å²) < 4.78 is 0.804. The van der Waals surface area contributed by atoms with Crippen molar-refractivity contribution < 1.29 is 14.4 Å². The number of pyridine rings is 1. The molecule has 0 fully saturated rings. The van der Waals surface area contributed by atoms with Crippen LogP contribution in [-0.4, -0.2) is 22.7 Å². The van der Waals surface area contributed by atoms with E-state index in [1.54, 1.807) is 6.07 Å². The predicted octanol–water partition coefficient (Wildman–Crippen LogP) is 0.579. The number of nitrogens with two attached hydrogens (primary N) is 3. The van der Waals surface area contributed by atoms with Gasteiger partial charge in [-0.2, -0.15) is 0 Å². The van der Waals surface area contributed by atoms with Gasteiger partial charge in [-0.15, -0.1) is 11.3 Å². The summed E-state index contributed by atoms with van der Waals surface area (Å²) in [6.07, 6.45) is 0.102. The van der Waals surface area contributed by atoms with E-state index in [0.717, 1.165) is 15.6 Å². The van der Waals surface area contributed by atoms with Gasteiger partial charge in [-0.1, -0.05) is 18.2 Å². The Labute approximate surface area is 145 Å². The van der Waals surface area contributed by atoms with Gasteiger partial charge in [0, 0.05) is 28.4 Å². The molecule has 25 heavy (non-hydrogen) atoms. The van der Waals surface area contributed by atoms with E-state index in [1.807, 2.05) is 24.3 Å². The summed E-state index contributed by atoms with van der Waals surface area (Å²) in [4.78, 5) is 46.0. The molecule has 130 valence electrons. The lowest BCUT2D eigenvalue weighted by Crippen LogP contribution is -2.16. The van der Waals surface area contributed by atoms with Crippen molar-refractivity contribution in [2.75, 3.05) is 0 Å². The molecular weight excluding hydrogens is 344 g/mol. The number of primary amides is 3. The number of aromatic nitrogens is 1. The molecular formula is C16H16N4O4S. The minimum absolute atomic E-state index is 0.0509. The number of carbonyl (C=O) groups excluding carboxylic acids is 3. The molecule has 0 aliphatic heterocycles. The van der Waals surface area contributed by atoms with Gasteiger partial charge in [0.25, 0.3) is 11.5 Å². The molecule has 1 aromatic carbocycles. The Morgan fingerprint density at radius 1 is 0.960 bits per heavy atom. The fourth-order valence-corrected chi connectivity index (χ4v) is 3.15. The van der Waals surface area contributed by atoms with Crippen molar-refractivity contribution in [3.05, 3.63) is 45.6 Å². The van der Waals surface area contributed by atoms with Crippen LogP contribution in [-0.2, 0) is 9.59 Å². The van der Waals surface area contributed by atoms with Crippen molar-refractivity contribution in [1.82, 2.24) is 4.98 Å². The molecule has 0 spiro atoms. The molecule has 3 rings (SSSR count). The summed E-state index contributed by atoms with van der Waals surface area (Å²) in [5, 5.41) is 1.45. The van der Waals surface area contributed by atoms with E-state index in [4.69, 9.17) is 17.2 Å². The number of hydrogen-bond acceptors (Lipinski definition) is 5. The number of benzene rings is 1. The summed E-state index contributed by atoms with van der Waals surface area (Å²) >= 11 is 1.25. The van der Waals surface area contributed by atoms with Crippen LogP contribution in [0.3, 0.4) is 0 Å². The Hall–Kier alpha value is -3.20. The van der Waals surface area contributed by atoms with E-state index >= 15 is 0 Å². The molecule has 2 aromatic heterocycles. The van der Waals surface area contributed by atoms with Crippen LogP contribution >= 0.6 is 11.3 Å². The van der Waals surface area contributed by atoms with Crippen LogP contribution in [0.15, 0.2) is 35.1 Å². The topological polar surface area (TPSA) is 162 Å². The Bertz CT molecular complexity index is 1010. The zero-order valence-corrected chi connectivity index (χ0v) is 13.9. The van der Waals surface area contributed by atoms with Gasteiger partial charge >= 0.3 is 0 Å². The van der Waals surface area contributed by atoms with E-state index < -0.39 is 17.7 Å². The second kappa shape index (κ2) is 7.58. The van der Waals surface area contributed by atoms with Crippen LogP contribution < -0.4 is 22.8 Å². The van der Waals surface area contributed by atoms with Crippen LogP contribution in [0.4, 0.5) is 0 Å². The summed E-state index contributed by atoms with van der Waals surface area (Å²) in [6, 6.07) is 9.04. The van der Waals surface area contributed by atoms with E-state index in [0.29, 0.717) is 10.3 Å². The molecule has 0 aliphatic carbocycles. The lowest BCUT2D eigenvalue weighted by atomic mass is 10.2. The number of hydrogen-bond donors (Lipinski definition) is 4. The largest absolute Gasteiger partial charge is 0.370 e. The molecule has 2 heterocycles. The third-order valence-electron chi connectivity index (χ3n) is 3.26. The SMILES string of the molecule is NC(=O)CCC(N)=O.NC(=O)c1cc2c(=O)[nH]c3ccccc3c2s1. The highest BCUT2D eigenvalue weighted by molar-refractivity contribution is 7.21. The summed E-state index contributed by atoms with van der Waals surface area (Å²) in [5.74, 6) is -1.50. The number of carbonyl (C=O) groups is 3. The first-order valence-corrected chi connectivity index (χ1v) is 8.02. The first-order valence-electron chi connectivity index (χ1n) is 7.20. The van der Waals surface area contributed by atoms with E-state index in [-0.39, 0.29) is 18.4 Å². The van der Waals surface area contributed by atoms with Crippen molar-refractivity contribution >= 4 is 50.0 Å². The number of nitrogens with one attached hydrogen (secondary N) is 1. The minimum Gasteiger partial charge on any atom is -0.370 e. The lowest BCUT2D eigenvalue weighted by Gasteiger charge is -1.97.